The summed E-state index contributed by atoms with van der Waals surface area (Å²) >= 11 is 0. The molecule has 1 aromatic carbocycles. The van der Waals surface area contributed by atoms with Gasteiger partial charge in [-0.3, -0.25) is 9.36 Å². The van der Waals surface area contributed by atoms with Gasteiger partial charge in [0.05, 0.1) is 5.56 Å². The predicted molar refractivity (Wildman–Crippen MR) is 103 cm³/mol. The van der Waals surface area contributed by atoms with Crippen LogP contribution in [0.4, 0.5) is 5.82 Å². The number of rotatable bonds is 6. The van der Waals surface area contributed by atoms with Crippen molar-refractivity contribution in [2.45, 2.75) is 6.92 Å². The van der Waals surface area contributed by atoms with Crippen LogP contribution in [-0.4, -0.2) is 43.5 Å². The maximum absolute atomic E-state index is 12.4. The van der Waals surface area contributed by atoms with Crippen molar-refractivity contribution in [1.29, 1.82) is 0 Å². The van der Waals surface area contributed by atoms with Gasteiger partial charge in [0, 0.05) is 48.6 Å². The standard InChI is InChI=1S/C19H19N7O/c1-13-20-8-9-26(13)18-10-17(24-12-25-18)21-6-7-22-19(27)15-11-23-16-5-3-2-4-14(15)16/h2-5,8-12,23H,6-7H2,1H3,(H,22,27)(H,21,24,25). The van der Waals surface area contributed by atoms with Crippen LogP contribution in [0.3, 0.4) is 0 Å². The minimum absolute atomic E-state index is 0.105. The maximum atomic E-state index is 12.4. The van der Waals surface area contributed by atoms with E-state index >= 15 is 0 Å². The zero-order valence-corrected chi connectivity index (χ0v) is 14.8. The second-order valence-electron chi connectivity index (χ2n) is 6.04. The van der Waals surface area contributed by atoms with Gasteiger partial charge >= 0.3 is 0 Å². The van der Waals surface area contributed by atoms with Gasteiger partial charge in [0.1, 0.15) is 23.8 Å². The molecule has 27 heavy (non-hydrogen) atoms. The Morgan fingerprint density at radius 3 is 2.93 bits per heavy atom. The summed E-state index contributed by atoms with van der Waals surface area (Å²) < 4.78 is 1.88. The Bertz CT molecular complexity index is 1080. The number of H-pyrrole nitrogens is 1. The molecule has 0 aliphatic heterocycles. The molecule has 0 spiro atoms. The molecular formula is C19H19N7O. The fraction of sp³-hybridized carbons (Fsp3) is 0.158. The van der Waals surface area contributed by atoms with E-state index in [9.17, 15) is 4.79 Å². The van der Waals surface area contributed by atoms with Crippen LogP contribution in [0.25, 0.3) is 16.7 Å². The zero-order chi connectivity index (χ0) is 18.6. The number of aryl methyl sites for hydroxylation is 1. The molecule has 0 saturated carbocycles. The molecule has 3 heterocycles. The first-order valence-electron chi connectivity index (χ1n) is 8.63. The van der Waals surface area contributed by atoms with Gasteiger partial charge in [-0.1, -0.05) is 18.2 Å². The van der Waals surface area contributed by atoms with Gasteiger partial charge < -0.3 is 15.6 Å². The quantitative estimate of drug-likeness (QED) is 0.458. The molecule has 4 rings (SSSR count). The van der Waals surface area contributed by atoms with Gasteiger partial charge in [-0.25, -0.2) is 15.0 Å². The van der Waals surface area contributed by atoms with Crippen molar-refractivity contribution in [3.63, 3.8) is 0 Å². The van der Waals surface area contributed by atoms with Crippen LogP contribution >= 0.6 is 0 Å². The van der Waals surface area contributed by atoms with Crippen molar-refractivity contribution in [2.75, 3.05) is 18.4 Å². The minimum Gasteiger partial charge on any atom is -0.368 e. The van der Waals surface area contributed by atoms with E-state index in [2.05, 4.69) is 30.6 Å². The highest BCUT2D eigenvalue weighted by molar-refractivity contribution is 6.06. The molecule has 0 unspecified atom stereocenters. The second kappa shape index (κ2) is 7.28. The molecule has 0 aliphatic carbocycles. The van der Waals surface area contributed by atoms with Crippen molar-refractivity contribution in [1.82, 2.24) is 29.8 Å². The van der Waals surface area contributed by atoms with E-state index < -0.39 is 0 Å². The number of para-hydroxylation sites is 1. The molecule has 0 aliphatic rings. The SMILES string of the molecule is Cc1nccn1-c1cc(NCCNC(=O)c2c[nH]c3ccccc23)ncn1. The first-order chi connectivity index (χ1) is 13.2. The van der Waals surface area contributed by atoms with Crippen LogP contribution in [0, 0.1) is 6.92 Å². The van der Waals surface area contributed by atoms with Crippen LogP contribution in [0.2, 0.25) is 0 Å². The van der Waals surface area contributed by atoms with Crippen molar-refractivity contribution in [3.05, 3.63) is 66.6 Å². The lowest BCUT2D eigenvalue weighted by atomic mass is 10.1. The zero-order valence-electron chi connectivity index (χ0n) is 14.8. The average Bonchev–Trinajstić information content (AvgIpc) is 3.31. The number of fused-ring (bicyclic) bond motifs is 1. The third kappa shape index (κ3) is 3.50. The Morgan fingerprint density at radius 1 is 1.19 bits per heavy atom. The van der Waals surface area contributed by atoms with E-state index in [0.717, 1.165) is 22.5 Å². The molecule has 8 heteroatoms. The third-order valence-corrected chi connectivity index (χ3v) is 4.28. The first kappa shape index (κ1) is 16.8. The highest BCUT2D eigenvalue weighted by atomic mass is 16.1. The normalized spacial score (nSPS) is 10.9. The highest BCUT2D eigenvalue weighted by Crippen LogP contribution is 2.17. The number of nitrogens with one attached hydrogen (secondary N) is 3. The van der Waals surface area contributed by atoms with E-state index in [0.29, 0.717) is 24.5 Å². The molecule has 136 valence electrons. The van der Waals surface area contributed by atoms with Crippen molar-refractivity contribution >= 4 is 22.6 Å². The monoisotopic (exact) mass is 361 g/mol. The number of carbonyl (C=O) groups is 1. The van der Waals surface area contributed by atoms with Crippen molar-refractivity contribution in [3.8, 4) is 5.82 Å². The van der Waals surface area contributed by atoms with E-state index in [1.807, 2.05) is 48.0 Å². The Balaban J connectivity index is 1.34. The Hall–Kier alpha value is -3.68. The van der Waals surface area contributed by atoms with Crippen LogP contribution in [0.1, 0.15) is 16.2 Å². The van der Waals surface area contributed by atoms with Crippen LogP contribution < -0.4 is 10.6 Å². The summed E-state index contributed by atoms with van der Waals surface area (Å²) in [6.45, 7) is 2.94. The molecule has 0 radical (unpaired) electrons. The van der Waals surface area contributed by atoms with Gasteiger partial charge in [-0.2, -0.15) is 0 Å². The molecule has 8 nitrogen and oxygen atoms in total. The molecular weight excluding hydrogens is 342 g/mol. The van der Waals surface area contributed by atoms with Gasteiger partial charge in [-0.05, 0) is 13.0 Å². The smallest absolute Gasteiger partial charge is 0.253 e. The lowest BCUT2D eigenvalue weighted by Gasteiger charge is -2.09. The number of aromatic nitrogens is 5. The molecule has 3 N–H and O–H groups in total. The molecule has 3 aromatic heterocycles. The first-order valence-corrected chi connectivity index (χ1v) is 8.63. The van der Waals surface area contributed by atoms with E-state index in [1.165, 1.54) is 6.33 Å². The second-order valence-corrected chi connectivity index (χ2v) is 6.04. The maximum Gasteiger partial charge on any atom is 0.253 e. The number of carbonyl (C=O) groups excluding carboxylic acids is 1. The number of anilines is 1. The molecule has 0 atom stereocenters. The molecule has 0 saturated heterocycles. The Morgan fingerprint density at radius 2 is 2.07 bits per heavy atom. The summed E-state index contributed by atoms with van der Waals surface area (Å²) in [6.07, 6.45) is 6.81. The molecule has 4 aromatic rings. The van der Waals surface area contributed by atoms with Crippen LogP contribution in [0.15, 0.2) is 55.2 Å². The summed E-state index contributed by atoms with van der Waals surface area (Å²) in [7, 11) is 0. The summed E-state index contributed by atoms with van der Waals surface area (Å²) in [5.41, 5.74) is 1.59. The van der Waals surface area contributed by atoms with Gasteiger partial charge in [0.15, 0.2) is 0 Å². The van der Waals surface area contributed by atoms with Crippen LogP contribution in [0.5, 0.6) is 0 Å². The summed E-state index contributed by atoms with van der Waals surface area (Å²) in [6, 6.07) is 9.58. The minimum atomic E-state index is -0.105. The summed E-state index contributed by atoms with van der Waals surface area (Å²) in [5, 5.41) is 7.03. The Labute approximate surface area is 155 Å². The fourth-order valence-corrected chi connectivity index (χ4v) is 2.92. The fourth-order valence-electron chi connectivity index (χ4n) is 2.92. The third-order valence-electron chi connectivity index (χ3n) is 4.28. The average molecular weight is 361 g/mol. The molecule has 0 bridgehead atoms. The topological polar surface area (TPSA) is 101 Å². The summed E-state index contributed by atoms with van der Waals surface area (Å²) in [5.74, 6) is 2.18. The number of hydrogen-bond donors (Lipinski definition) is 3. The van der Waals surface area contributed by atoms with Gasteiger partial charge in [-0.15, -0.1) is 0 Å². The molecule has 0 fully saturated rings. The van der Waals surface area contributed by atoms with Gasteiger partial charge in [0.25, 0.3) is 5.91 Å². The van der Waals surface area contributed by atoms with Crippen molar-refractivity contribution in [2.24, 2.45) is 0 Å². The lowest BCUT2D eigenvalue weighted by molar-refractivity contribution is 0.0957. The largest absolute Gasteiger partial charge is 0.368 e. The molecule has 1 amide bonds. The van der Waals surface area contributed by atoms with Crippen molar-refractivity contribution < 1.29 is 4.79 Å². The number of imidazole rings is 1. The number of benzene rings is 1. The Kier molecular flexibility index (Phi) is 4.52. The highest BCUT2D eigenvalue weighted by Gasteiger charge is 2.10. The predicted octanol–water partition coefficient (Wildman–Crippen LogP) is 2.29. The van der Waals surface area contributed by atoms with Crippen LogP contribution in [-0.2, 0) is 0 Å². The number of amides is 1. The van der Waals surface area contributed by atoms with E-state index in [4.69, 9.17) is 0 Å². The lowest BCUT2D eigenvalue weighted by Crippen LogP contribution is -2.28. The summed E-state index contributed by atoms with van der Waals surface area (Å²) in [4.78, 5) is 28.2. The number of nitrogens with zero attached hydrogens (tertiary/aromatic N) is 4. The van der Waals surface area contributed by atoms with Gasteiger partial charge in [0.2, 0.25) is 0 Å². The number of aromatic amines is 1. The van der Waals surface area contributed by atoms with E-state index in [-0.39, 0.29) is 5.91 Å². The van der Waals surface area contributed by atoms with E-state index in [1.54, 1.807) is 12.4 Å². The number of hydrogen-bond acceptors (Lipinski definition) is 5.